The van der Waals surface area contributed by atoms with E-state index in [2.05, 4.69) is 10.6 Å². The van der Waals surface area contributed by atoms with E-state index < -0.39 is 5.60 Å². The number of ether oxygens (including phenoxy) is 1. The summed E-state index contributed by atoms with van der Waals surface area (Å²) < 4.78 is 6.12. The van der Waals surface area contributed by atoms with Crippen LogP contribution in [0, 0.1) is 6.92 Å². The monoisotopic (exact) mass is 446 g/mol. The first-order valence-electron chi connectivity index (χ1n) is 10.5. The van der Waals surface area contributed by atoms with Gasteiger partial charge in [-0.25, -0.2) is 0 Å². The van der Waals surface area contributed by atoms with Gasteiger partial charge < -0.3 is 15.4 Å². The molecule has 0 aliphatic carbocycles. The zero-order chi connectivity index (χ0) is 22.7. The van der Waals surface area contributed by atoms with Gasteiger partial charge in [0.15, 0.2) is 0 Å². The number of fused-ring (bicyclic) bond motifs is 1. The van der Waals surface area contributed by atoms with E-state index in [1.807, 2.05) is 62.5 Å². The fourth-order valence-corrected chi connectivity index (χ4v) is 4.45. The molecule has 0 fully saturated rings. The molecule has 2 heterocycles. The second-order valence-electron chi connectivity index (χ2n) is 8.53. The van der Waals surface area contributed by atoms with Crippen LogP contribution in [0.1, 0.15) is 52.7 Å². The van der Waals surface area contributed by atoms with E-state index in [9.17, 15) is 9.59 Å². The minimum Gasteiger partial charge on any atom is -0.487 e. The highest BCUT2D eigenvalue weighted by atomic mass is 32.1. The van der Waals surface area contributed by atoms with Crippen molar-refractivity contribution in [3.63, 3.8) is 0 Å². The summed E-state index contributed by atoms with van der Waals surface area (Å²) in [7, 11) is 0. The lowest BCUT2D eigenvalue weighted by atomic mass is 9.89. The third-order valence-corrected chi connectivity index (χ3v) is 6.11. The Morgan fingerprint density at radius 3 is 2.59 bits per heavy atom. The molecule has 0 radical (unpaired) electrons. The number of benzene rings is 2. The van der Waals surface area contributed by atoms with Crippen LogP contribution >= 0.6 is 11.3 Å². The summed E-state index contributed by atoms with van der Waals surface area (Å²) in [6, 6.07) is 18.4. The van der Waals surface area contributed by atoms with Gasteiger partial charge in [-0.3, -0.25) is 9.59 Å². The van der Waals surface area contributed by atoms with E-state index in [0.717, 1.165) is 21.8 Å². The molecule has 1 aromatic heterocycles. The molecule has 2 aromatic carbocycles. The number of nitrogens with one attached hydrogen (secondary N) is 2. The van der Waals surface area contributed by atoms with Crippen molar-refractivity contribution in [3.8, 4) is 5.75 Å². The molecule has 32 heavy (non-hydrogen) atoms. The second kappa shape index (κ2) is 9.01. The van der Waals surface area contributed by atoms with Gasteiger partial charge in [-0.2, -0.15) is 0 Å². The highest BCUT2D eigenvalue weighted by Crippen LogP contribution is 2.40. The van der Waals surface area contributed by atoms with Gasteiger partial charge >= 0.3 is 0 Å². The van der Waals surface area contributed by atoms with Crippen molar-refractivity contribution in [2.45, 2.75) is 38.8 Å². The fourth-order valence-electron chi connectivity index (χ4n) is 3.80. The Morgan fingerprint density at radius 1 is 1.09 bits per heavy atom. The summed E-state index contributed by atoms with van der Waals surface area (Å²) in [5, 5.41) is 7.86. The molecule has 0 saturated heterocycles. The first kappa shape index (κ1) is 21.8. The van der Waals surface area contributed by atoms with Crippen LogP contribution in [-0.4, -0.2) is 17.4 Å². The predicted octanol–water partition coefficient (Wildman–Crippen LogP) is 5.25. The smallest absolute Gasteiger partial charge is 0.268 e. The third-order valence-electron chi connectivity index (χ3n) is 5.29. The fraction of sp³-hybridized carbons (Fsp3) is 0.231. The summed E-state index contributed by atoms with van der Waals surface area (Å²) in [6.07, 6.45) is 2.33. The Labute approximate surface area is 192 Å². The summed E-state index contributed by atoms with van der Waals surface area (Å²) in [4.78, 5) is 27.0. The third kappa shape index (κ3) is 5.08. The van der Waals surface area contributed by atoms with Gasteiger partial charge in [-0.05, 0) is 56.5 Å². The molecule has 0 unspecified atom stereocenters. The summed E-state index contributed by atoms with van der Waals surface area (Å²) >= 11 is 1.50. The lowest BCUT2D eigenvalue weighted by molar-refractivity contribution is -0.119. The van der Waals surface area contributed by atoms with Crippen molar-refractivity contribution in [3.05, 3.63) is 93.3 Å². The normalized spacial score (nSPS) is 17.1. The minimum absolute atomic E-state index is 0.208. The number of carbonyl (C=O) groups is 2. The van der Waals surface area contributed by atoms with Gasteiger partial charge in [0.25, 0.3) is 11.8 Å². The Bertz CT molecular complexity index is 1150. The van der Waals surface area contributed by atoms with Crippen LogP contribution in [0.3, 0.4) is 0 Å². The number of carbonyl (C=O) groups excluding carboxylic acids is 2. The number of hydrogen-bond acceptors (Lipinski definition) is 4. The molecule has 1 aliphatic heterocycles. The number of hydrogen-bond donors (Lipinski definition) is 2. The van der Waals surface area contributed by atoms with Crippen LogP contribution in [0.4, 0.5) is 0 Å². The van der Waals surface area contributed by atoms with Gasteiger partial charge in [0.2, 0.25) is 0 Å². The van der Waals surface area contributed by atoms with Crippen LogP contribution in [0.2, 0.25) is 0 Å². The van der Waals surface area contributed by atoms with Crippen molar-refractivity contribution in [1.29, 1.82) is 0 Å². The summed E-state index contributed by atoms with van der Waals surface area (Å²) in [6.45, 7) is 6.03. The molecule has 0 saturated carbocycles. The van der Waals surface area contributed by atoms with Gasteiger partial charge in [0, 0.05) is 22.4 Å². The number of aryl methyl sites for hydroxylation is 1. The molecular weight excluding hydrogens is 420 g/mol. The molecule has 1 aliphatic rings. The molecular formula is C26H26N2O3S. The van der Waals surface area contributed by atoms with Crippen molar-refractivity contribution < 1.29 is 14.3 Å². The second-order valence-corrected chi connectivity index (χ2v) is 9.51. The molecule has 164 valence electrons. The molecule has 0 spiro atoms. The van der Waals surface area contributed by atoms with Gasteiger partial charge in [0.05, 0.1) is 6.04 Å². The van der Waals surface area contributed by atoms with Crippen LogP contribution < -0.4 is 15.4 Å². The molecule has 1 atom stereocenters. The van der Waals surface area contributed by atoms with Crippen LogP contribution in [0.5, 0.6) is 5.75 Å². The van der Waals surface area contributed by atoms with Crippen LogP contribution in [-0.2, 0) is 4.79 Å². The highest BCUT2D eigenvalue weighted by Gasteiger charge is 2.35. The average molecular weight is 447 g/mol. The zero-order valence-electron chi connectivity index (χ0n) is 18.3. The molecule has 6 heteroatoms. The Balaban J connectivity index is 1.62. The molecule has 3 aromatic rings. The van der Waals surface area contributed by atoms with Crippen LogP contribution in [0.25, 0.3) is 6.08 Å². The van der Waals surface area contributed by atoms with Crippen LogP contribution in [0.15, 0.2) is 71.7 Å². The number of rotatable bonds is 5. The maximum atomic E-state index is 13.4. The van der Waals surface area contributed by atoms with Crippen molar-refractivity contribution in [2.75, 3.05) is 0 Å². The molecule has 2 amide bonds. The van der Waals surface area contributed by atoms with E-state index in [0.29, 0.717) is 12.0 Å². The maximum absolute atomic E-state index is 13.4. The first-order chi connectivity index (χ1) is 15.3. The van der Waals surface area contributed by atoms with E-state index in [1.54, 1.807) is 30.3 Å². The first-order valence-corrected chi connectivity index (χ1v) is 11.4. The van der Waals surface area contributed by atoms with E-state index in [4.69, 9.17) is 4.74 Å². The largest absolute Gasteiger partial charge is 0.487 e. The molecule has 0 bridgehead atoms. The molecule has 4 rings (SSSR count). The number of amides is 2. The summed E-state index contributed by atoms with van der Waals surface area (Å²) in [5.41, 5.74) is 2.32. The average Bonchev–Trinajstić information content (AvgIpc) is 3.27. The molecule has 5 nitrogen and oxygen atoms in total. The van der Waals surface area contributed by atoms with Crippen molar-refractivity contribution >= 4 is 29.2 Å². The van der Waals surface area contributed by atoms with Crippen molar-refractivity contribution in [2.24, 2.45) is 0 Å². The van der Waals surface area contributed by atoms with E-state index in [1.165, 1.54) is 11.3 Å². The Hall–Kier alpha value is -3.38. The minimum atomic E-state index is -0.425. The topological polar surface area (TPSA) is 67.4 Å². The van der Waals surface area contributed by atoms with Gasteiger partial charge in [0.1, 0.15) is 17.0 Å². The SMILES string of the molecule is Cc1ccc2c(c1)[C@H](NC(=O)/C(=C/c1cccs1)NC(=O)c1ccccc1)CC(C)(C)O2. The Kier molecular flexibility index (Phi) is 6.15. The maximum Gasteiger partial charge on any atom is 0.268 e. The van der Waals surface area contributed by atoms with Crippen molar-refractivity contribution in [1.82, 2.24) is 10.6 Å². The quantitative estimate of drug-likeness (QED) is 0.526. The lowest BCUT2D eigenvalue weighted by Crippen LogP contribution is -2.43. The predicted molar refractivity (Wildman–Crippen MR) is 128 cm³/mol. The van der Waals surface area contributed by atoms with Gasteiger partial charge in [-0.1, -0.05) is 42.0 Å². The van der Waals surface area contributed by atoms with E-state index in [-0.39, 0.29) is 23.6 Å². The van der Waals surface area contributed by atoms with E-state index >= 15 is 0 Å². The number of thiophene rings is 1. The highest BCUT2D eigenvalue weighted by molar-refractivity contribution is 7.10. The Morgan fingerprint density at radius 2 is 1.88 bits per heavy atom. The lowest BCUT2D eigenvalue weighted by Gasteiger charge is -2.38. The standard InChI is InChI=1S/C26H26N2O3S/c1-17-11-12-23-20(14-17)22(16-26(2,3)31-23)28-25(30)21(15-19-10-7-13-32-19)27-24(29)18-8-5-4-6-9-18/h4-15,22H,16H2,1-3H3,(H,27,29)(H,28,30)/b21-15-/t22-/m1/s1. The van der Waals surface area contributed by atoms with Gasteiger partial charge in [-0.15, -0.1) is 11.3 Å². The molecule has 2 N–H and O–H groups in total. The summed E-state index contributed by atoms with van der Waals surface area (Å²) in [5.74, 6) is 0.110. The zero-order valence-corrected chi connectivity index (χ0v) is 19.2.